The van der Waals surface area contributed by atoms with Crippen molar-refractivity contribution in [1.29, 1.82) is 0 Å². The summed E-state index contributed by atoms with van der Waals surface area (Å²) in [7, 11) is 0. The van der Waals surface area contributed by atoms with Gasteiger partial charge in [-0.2, -0.15) is 0 Å². The van der Waals surface area contributed by atoms with Gasteiger partial charge in [-0.05, 0) is 13.8 Å². The maximum Gasteiger partial charge on any atom is 0.0977 e. The van der Waals surface area contributed by atoms with Crippen LogP contribution in [0.2, 0.25) is 0 Å². The zero-order chi connectivity index (χ0) is 6.08. The topological polar surface area (TPSA) is 52.0 Å². The van der Waals surface area contributed by atoms with Crippen LogP contribution in [0.15, 0.2) is 0 Å². The normalized spacial score (nSPS) is 16.7. The monoisotopic (exact) mass is 122 g/mol. The predicted molar refractivity (Wildman–Crippen MR) is 32.1 cm³/mol. The van der Waals surface area contributed by atoms with Crippen LogP contribution >= 0.6 is 11.6 Å². The molecule has 0 bridgehead atoms. The highest BCUT2D eigenvalue weighted by molar-refractivity contribution is 6.20. The molecule has 4 N–H and O–H groups in total. The summed E-state index contributed by atoms with van der Waals surface area (Å²) in [4.78, 5) is 0. The standard InChI is InChI=1S/C4H11ClN2/c1-4(2,7)3(5)6/h3H,6-7H2,1-2H3. The molecular formula is C4H11ClN2. The Kier molecular flexibility index (Phi) is 2.05. The Morgan fingerprint density at radius 3 is 1.71 bits per heavy atom. The molecule has 0 amide bonds. The minimum atomic E-state index is -0.457. The van der Waals surface area contributed by atoms with Crippen LogP contribution in [0.25, 0.3) is 0 Å². The molecule has 0 heterocycles. The van der Waals surface area contributed by atoms with E-state index >= 15 is 0 Å². The van der Waals surface area contributed by atoms with E-state index in [1.54, 1.807) is 13.8 Å². The van der Waals surface area contributed by atoms with E-state index in [0.717, 1.165) is 0 Å². The van der Waals surface area contributed by atoms with Gasteiger partial charge in [0.15, 0.2) is 0 Å². The fourth-order valence-electron chi connectivity index (χ4n) is 0. The average molecular weight is 123 g/mol. The van der Waals surface area contributed by atoms with Gasteiger partial charge >= 0.3 is 0 Å². The molecule has 0 aliphatic rings. The van der Waals surface area contributed by atoms with Gasteiger partial charge in [0.25, 0.3) is 0 Å². The highest BCUT2D eigenvalue weighted by atomic mass is 35.5. The Bertz CT molecular complexity index is 55.2. The number of alkyl halides is 1. The summed E-state index contributed by atoms with van der Waals surface area (Å²) in [5, 5.41) is 0. The van der Waals surface area contributed by atoms with Crippen LogP contribution in [-0.4, -0.2) is 11.0 Å². The Balaban J connectivity index is 3.54. The Hall–Kier alpha value is 0.210. The van der Waals surface area contributed by atoms with Crippen LogP contribution in [0.3, 0.4) is 0 Å². The molecule has 0 rings (SSSR count). The summed E-state index contributed by atoms with van der Waals surface area (Å²) < 4.78 is 0. The fourth-order valence-corrected chi connectivity index (χ4v) is 0. The second-order valence-corrected chi connectivity index (χ2v) is 2.69. The Labute approximate surface area is 48.8 Å². The lowest BCUT2D eigenvalue weighted by Gasteiger charge is -2.20. The van der Waals surface area contributed by atoms with Crippen molar-refractivity contribution in [2.75, 3.05) is 0 Å². The molecule has 0 saturated carbocycles. The molecule has 44 valence electrons. The maximum atomic E-state index is 5.42. The van der Waals surface area contributed by atoms with E-state index in [-0.39, 0.29) is 0 Å². The van der Waals surface area contributed by atoms with E-state index in [1.165, 1.54) is 0 Å². The van der Waals surface area contributed by atoms with E-state index < -0.39 is 11.0 Å². The van der Waals surface area contributed by atoms with Gasteiger partial charge in [-0.1, -0.05) is 0 Å². The quantitative estimate of drug-likeness (QED) is 0.387. The third kappa shape index (κ3) is 2.85. The molecule has 1 atom stereocenters. The zero-order valence-electron chi connectivity index (χ0n) is 4.61. The number of hydrogen-bond donors (Lipinski definition) is 2. The Morgan fingerprint density at radius 1 is 1.57 bits per heavy atom. The fraction of sp³-hybridized carbons (Fsp3) is 1.00. The van der Waals surface area contributed by atoms with Gasteiger partial charge in [-0.15, -0.1) is 11.6 Å². The summed E-state index contributed by atoms with van der Waals surface area (Å²) >= 11 is 5.41. The highest BCUT2D eigenvalue weighted by Crippen LogP contribution is 2.04. The molecule has 0 saturated heterocycles. The molecule has 0 aliphatic carbocycles. The lowest BCUT2D eigenvalue weighted by molar-refractivity contribution is 0.496. The average Bonchev–Trinajstić information content (AvgIpc) is 1.31. The molecule has 0 fully saturated rings. The first-order valence-electron chi connectivity index (χ1n) is 2.13. The lowest BCUT2D eigenvalue weighted by atomic mass is 10.1. The van der Waals surface area contributed by atoms with E-state index in [9.17, 15) is 0 Å². The third-order valence-corrected chi connectivity index (χ3v) is 1.27. The summed E-state index contributed by atoms with van der Waals surface area (Å²) in [6, 6.07) is 0. The number of rotatable bonds is 1. The summed E-state index contributed by atoms with van der Waals surface area (Å²) in [5.41, 5.74) is 9.72. The number of hydrogen-bond acceptors (Lipinski definition) is 2. The molecule has 0 aliphatic heterocycles. The van der Waals surface area contributed by atoms with Crippen molar-refractivity contribution in [3.05, 3.63) is 0 Å². The maximum absolute atomic E-state index is 5.42. The third-order valence-electron chi connectivity index (χ3n) is 0.711. The van der Waals surface area contributed by atoms with Gasteiger partial charge in [-0.25, -0.2) is 0 Å². The largest absolute Gasteiger partial charge is 0.323 e. The minimum absolute atomic E-state index is 0.451. The van der Waals surface area contributed by atoms with Gasteiger partial charge < -0.3 is 11.5 Å². The van der Waals surface area contributed by atoms with Gasteiger partial charge in [0.1, 0.15) is 0 Å². The molecule has 3 heteroatoms. The van der Waals surface area contributed by atoms with Gasteiger partial charge in [-0.3, -0.25) is 0 Å². The molecule has 0 spiro atoms. The smallest absolute Gasteiger partial charge is 0.0977 e. The number of nitrogens with two attached hydrogens (primary N) is 2. The molecule has 7 heavy (non-hydrogen) atoms. The summed E-state index contributed by atoms with van der Waals surface area (Å²) in [6.07, 6.45) is 0. The van der Waals surface area contributed by atoms with Gasteiger partial charge in [0.05, 0.1) is 5.50 Å². The van der Waals surface area contributed by atoms with Crippen LogP contribution in [-0.2, 0) is 0 Å². The van der Waals surface area contributed by atoms with Gasteiger partial charge in [0, 0.05) is 5.54 Å². The van der Waals surface area contributed by atoms with Crippen molar-refractivity contribution < 1.29 is 0 Å². The molecule has 0 aromatic carbocycles. The van der Waals surface area contributed by atoms with Crippen molar-refractivity contribution >= 4 is 11.6 Å². The van der Waals surface area contributed by atoms with Crippen molar-refractivity contribution in [2.45, 2.75) is 24.9 Å². The minimum Gasteiger partial charge on any atom is -0.323 e. The molecule has 0 aromatic heterocycles. The van der Waals surface area contributed by atoms with E-state index in [4.69, 9.17) is 23.1 Å². The SMILES string of the molecule is CC(C)(N)C(N)Cl. The number of halogens is 1. The molecule has 2 nitrogen and oxygen atoms in total. The first kappa shape index (κ1) is 7.21. The molecule has 0 aromatic rings. The zero-order valence-corrected chi connectivity index (χ0v) is 5.37. The van der Waals surface area contributed by atoms with Gasteiger partial charge in [0.2, 0.25) is 0 Å². The summed E-state index contributed by atoms with van der Waals surface area (Å²) in [6.45, 7) is 3.56. The van der Waals surface area contributed by atoms with Crippen LogP contribution < -0.4 is 11.5 Å². The summed E-state index contributed by atoms with van der Waals surface area (Å²) in [5.74, 6) is 0. The van der Waals surface area contributed by atoms with Crippen LogP contribution in [0.1, 0.15) is 13.8 Å². The molecule has 0 radical (unpaired) electrons. The van der Waals surface area contributed by atoms with Crippen molar-refractivity contribution in [1.82, 2.24) is 0 Å². The van der Waals surface area contributed by atoms with Crippen LogP contribution in [0.4, 0.5) is 0 Å². The molecule has 1 unspecified atom stereocenters. The first-order chi connectivity index (χ1) is 2.94. The van der Waals surface area contributed by atoms with Crippen LogP contribution in [0.5, 0.6) is 0 Å². The first-order valence-corrected chi connectivity index (χ1v) is 2.57. The lowest BCUT2D eigenvalue weighted by Crippen LogP contribution is -2.46. The second-order valence-electron chi connectivity index (χ2n) is 2.22. The van der Waals surface area contributed by atoms with E-state index in [2.05, 4.69) is 0 Å². The highest BCUT2D eigenvalue weighted by Gasteiger charge is 2.17. The van der Waals surface area contributed by atoms with E-state index in [1.807, 2.05) is 0 Å². The Morgan fingerprint density at radius 2 is 1.71 bits per heavy atom. The molecular weight excluding hydrogens is 112 g/mol. The second kappa shape index (κ2) is 1.99. The predicted octanol–water partition coefficient (Wildman–Crippen LogP) is 0.247. The van der Waals surface area contributed by atoms with Crippen molar-refractivity contribution in [3.8, 4) is 0 Å². The van der Waals surface area contributed by atoms with Crippen molar-refractivity contribution in [2.24, 2.45) is 11.5 Å². The van der Waals surface area contributed by atoms with Crippen molar-refractivity contribution in [3.63, 3.8) is 0 Å². The van der Waals surface area contributed by atoms with Crippen LogP contribution in [0, 0.1) is 0 Å². The van der Waals surface area contributed by atoms with E-state index in [0.29, 0.717) is 0 Å².